The molecule has 0 radical (unpaired) electrons. The predicted molar refractivity (Wildman–Crippen MR) is 157 cm³/mol. The minimum absolute atomic E-state index is 0.00180. The van der Waals surface area contributed by atoms with Gasteiger partial charge in [0.1, 0.15) is 35.6 Å². The van der Waals surface area contributed by atoms with Gasteiger partial charge in [0, 0.05) is 36.0 Å². The summed E-state index contributed by atoms with van der Waals surface area (Å²) < 4.78 is 52.1. The van der Waals surface area contributed by atoms with E-state index in [0.29, 0.717) is 66.1 Å². The SMILES string of the molecule is CCc1c(F)ccc2cc(O)cc(-c3ncc4c(C5CC[C@@](C)(O)C5)nc(OC[C@@]56CCCN5C[C@H](F)C6)nc4c3F)c12. The summed E-state index contributed by atoms with van der Waals surface area (Å²) in [6.07, 6.45) is 4.77. The summed E-state index contributed by atoms with van der Waals surface area (Å²) in [5.74, 6) is -1.42. The van der Waals surface area contributed by atoms with Crippen molar-refractivity contribution in [3.63, 3.8) is 0 Å². The molecule has 0 amide bonds. The zero-order valence-corrected chi connectivity index (χ0v) is 24.3. The average molecular weight is 593 g/mol. The second-order valence-corrected chi connectivity index (χ2v) is 12.8. The topological polar surface area (TPSA) is 91.6 Å². The summed E-state index contributed by atoms with van der Waals surface area (Å²) in [5, 5.41) is 22.7. The Morgan fingerprint density at radius 1 is 1.14 bits per heavy atom. The first kappa shape index (κ1) is 28.3. The maximum Gasteiger partial charge on any atom is 0.317 e. The second-order valence-electron chi connectivity index (χ2n) is 12.8. The number of alkyl halides is 1. The van der Waals surface area contributed by atoms with Gasteiger partial charge in [-0.25, -0.2) is 13.2 Å². The number of pyridine rings is 1. The molecule has 7 rings (SSSR count). The fourth-order valence-electron chi connectivity index (χ4n) is 7.75. The summed E-state index contributed by atoms with van der Waals surface area (Å²) in [5.41, 5.74) is -0.170. The Balaban J connectivity index is 1.38. The first-order valence-electron chi connectivity index (χ1n) is 15.1. The largest absolute Gasteiger partial charge is 0.508 e. The first-order valence-corrected chi connectivity index (χ1v) is 15.1. The predicted octanol–water partition coefficient (Wildman–Crippen LogP) is 6.36. The molecule has 2 aromatic heterocycles. The van der Waals surface area contributed by atoms with Gasteiger partial charge in [-0.15, -0.1) is 0 Å². The summed E-state index contributed by atoms with van der Waals surface area (Å²) >= 11 is 0. The summed E-state index contributed by atoms with van der Waals surface area (Å²) in [4.78, 5) is 15.9. The van der Waals surface area contributed by atoms with E-state index in [1.165, 1.54) is 24.4 Å². The zero-order chi connectivity index (χ0) is 30.1. The van der Waals surface area contributed by atoms with Crippen LogP contribution in [0, 0.1) is 11.6 Å². The van der Waals surface area contributed by atoms with Crippen molar-refractivity contribution in [3.8, 4) is 23.0 Å². The van der Waals surface area contributed by atoms with Crippen LogP contribution >= 0.6 is 0 Å². The molecule has 3 aliphatic rings. The highest BCUT2D eigenvalue weighted by atomic mass is 19.1. The molecule has 43 heavy (non-hydrogen) atoms. The minimum atomic E-state index is -0.918. The average Bonchev–Trinajstić information content (AvgIpc) is 3.62. The van der Waals surface area contributed by atoms with Crippen LogP contribution in [-0.4, -0.2) is 67.1 Å². The van der Waals surface area contributed by atoms with Gasteiger partial charge in [0.25, 0.3) is 0 Å². The van der Waals surface area contributed by atoms with E-state index >= 15 is 4.39 Å². The van der Waals surface area contributed by atoms with E-state index in [9.17, 15) is 19.0 Å². The number of halogens is 3. The molecule has 2 N–H and O–H groups in total. The molecule has 10 heteroatoms. The van der Waals surface area contributed by atoms with E-state index in [4.69, 9.17) is 9.72 Å². The lowest BCUT2D eigenvalue weighted by molar-refractivity contribution is 0.0663. The van der Waals surface area contributed by atoms with Gasteiger partial charge in [-0.05, 0) is 86.5 Å². The van der Waals surface area contributed by atoms with Crippen LogP contribution in [0.1, 0.15) is 69.5 Å². The summed E-state index contributed by atoms with van der Waals surface area (Å²) in [7, 11) is 0. The molecular formula is C33H35F3N4O3. The highest BCUT2D eigenvalue weighted by Crippen LogP contribution is 2.45. The van der Waals surface area contributed by atoms with Crippen molar-refractivity contribution in [2.24, 2.45) is 0 Å². The van der Waals surface area contributed by atoms with E-state index in [2.05, 4.69) is 14.9 Å². The number of nitrogens with zero attached hydrogens (tertiary/aromatic N) is 4. The number of aliphatic hydroxyl groups is 1. The van der Waals surface area contributed by atoms with Crippen LogP contribution in [0.2, 0.25) is 0 Å². The van der Waals surface area contributed by atoms with Crippen molar-refractivity contribution in [3.05, 3.63) is 53.4 Å². The molecule has 0 spiro atoms. The Morgan fingerprint density at radius 3 is 2.74 bits per heavy atom. The number of hydrogen-bond acceptors (Lipinski definition) is 7. The highest BCUT2D eigenvalue weighted by molar-refractivity contribution is 6.01. The number of phenols is 1. The van der Waals surface area contributed by atoms with Gasteiger partial charge in [0.15, 0.2) is 5.82 Å². The lowest BCUT2D eigenvalue weighted by atomic mass is 9.93. The van der Waals surface area contributed by atoms with E-state index in [-0.39, 0.29) is 41.1 Å². The molecule has 2 saturated heterocycles. The molecule has 1 aliphatic carbocycles. The molecule has 2 aliphatic heterocycles. The number of aromatic nitrogens is 3. The van der Waals surface area contributed by atoms with E-state index in [0.717, 1.165) is 19.4 Å². The van der Waals surface area contributed by atoms with Gasteiger partial charge in [0.2, 0.25) is 0 Å². The van der Waals surface area contributed by atoms with Crippen LogP contribution in [0.4, 0.5) is 13.2 Å². The quantitative estimate of drug-likeness (QED) is 0.269. The fraction of sp³-hybridized carbons (Fsp3) is 0.485. The normalized spacial score (nSPS) is 27.4. The van der Waals surface area contributed by atoms with Crippen molar-refractivity contribution >= 4 is 21.7 Å². The maximum absolute atomic E-state index is 16.7. The zero-order valence-electron chi connectivity index (χ0n) is 24.3. The third kappa shape index (κ3) is 4.79. The molecule has 7 nitrogen and oxygen atoms in total. The summed E-state index contributed by atoms with van der Waals surface area (Å²) in [6, 6.07) is 5.81. The van der Waals surface area contributed by atoms with Crippen molar-refractivity contribution in [1.29, 1.82) is 0 Å². The van der Waals surface area contributed by atoms with Crippen LogP contribution < -0.4 is 4.74 Å². The van der Waals surface area contributed by atoms with Crippen molar-refractivity contribution in [2.75, 3.05) is 19.7 Å². The van der Waals surface area contributed by atoms with Crippen LogP contribution in [0.25, 0.3) is 32.9 Å². The van der Waals surface area contributed by atoms with Crippen molar-refractivity contribution < 1.29 is 28.1 Å². The number of benzene rings is 2. The van der Waals surface area contributed by atoms with Gasteiger partial charge in [-0.2, -0.15) is 9.97 Å². The minimum Gasteiger partial charge on any atom is -0.508 e. The molecule has 1 saturated carbocycles. The molecule has 226 valence electrons. The third-order valence-corrected chi connectivity index (χ3v) is 9.79. The van der Waals surface area contributed by atoms with Gasteiger partial charge >= 0.3 is 6.01 Å². The van der Waals surface area contributed by atoms with E-state index in [1.807, 2.05) is 6.92 Å². The van der Waals surface area contributed by atoms with Crippen molar-refractivity contribution in [2.45, 2.75) is 82.0 Å². The van der Waals surface area contributed by atoms with E-state index < -0.39 is 28.9 Å². The molecule has 0 bridgehead atoms. The molecule has 4 heterocycles. The Labute approximate surface area is 247 Å². The lowest BCUT2D eigenvalue weighted by Gasteiger charge is -2.30. The van der Waals surface area contributed by atoms with Gasteiger partial charge in [-0.3, -0.25) is 9.88 Å². The third-order valence-electron chi connectivity index (χ3n) is 9.79. The molecule has 1 unspecified atom stereocenters. The number of aromatic hydroxyl groups is 1. The molecular weight excluding hydrogens is 557 g/mol. The maximum atomic E-state index is 16.7. The lowest BCUT2D eigenvalue weighted by Crippen LogP contribution is -2.43. The van der Waals surface area contributed by atoms with Gasteiger partial charge in [0.05, 0.1) is 16.8 Å². The van der Waals surface area contributed by atoms with Crippen LogP contribution in [-0.2, 0) is 6.42 Å². The van der Waals surface area contributed by atoms with Crippen LogP contribution in [0.15, 0.2) is 30.5 Å². The molecule has 3 fully saturated rings. The fourth-order valence-corrected chi connectivity index (χ4v) is 7.75. The van der Waals surface area contributed by atoms with Crippen LogP contribution in [0.3, 0.4) is 0 Å². The second kappa shape index (κ2) is 10.3. The van der Waals surface area contributed by atoms with Crippen LogP contribution in [0.5, 0.6) is 11.8 Å². The Bertz CT molecular complexity index is 1750. The number of rotatable bonds is 6. The number of fused-ring (bicyclic) bond motifs is 3. The number of phenolic OH excluding ortho intramolecular Hbond substituents is 1. The molecule has 4 atom stereocenters. The van der Waals surface area contributed by atoms with Crippen molar-refractivity contribution in [1.82, 2.24) is 19.9 Å². The van der Waals surface area contributed by atoms with Gasteiger partial charge < -0.3 is 14.9 Å². The van der Waals surface area contributed by atoms with Gasteiger partial charge in [-0.1, -0.05) is 13.0 Å². The summed E-state index contributed by atoms with van der Waals surface area (Å²) in [6.45, 7) is 4.98. The Hall–Kier alpha value is -3.50. The molecule has 4 aromatic rings. The highest BCUT2D eigenvalue weighted by Gasteiger charge is 2.49. The number of aryl methyl sites for hydroxylation is 1. The Kier molecular flexibility index (Phi) is 6.77. The first-order chi connectivity index (χ1) is 20.6. The standard InChI is InChI=1S/C33H35F3N4O3/c1-3-22-25(35)6-5-18-11-21(41)12-23(26(18)22)29-27(36)30-24(15-37-29)28(19-7-9-32(2,42)13-19)38-31(39-30)43-17-33-8-4-10-40(33)16-20(34)14-33/h5-6,11-12,15,19-20,41-42H,3-4,7-10,13-14,16-17H2,1-2H3/t19?,20-,32-,33+/m1/s1. The number of hydrogen-bond donors (Lipinski definition) is 2. The smallest absolute Gasteiger partial charge is 0.317 e. The molecule has 2 aromatic carbocycles. The Morgan fingerprint density at radius 2 is 1.98 bits per heavy atom. The number of ether oxygens (including phenoxy) is 1. The van der Waals surface area contributed by atoms with E-state index in [1.54, 1.807) is 13.0 Å². The monoisotopic (exact) mass is 592 g/mol.